The van der Waals surface area contributed by atoms with E-state index in [9.17, 15) is 24.0 Å². The molecule has 3 atom stereocenters. The number of nitrogens with two attached hydrogens (primary N) is 1. The molecule has 0 fully saturated rings. The third kappa shape index (κ3) is 9.19. The summed E-state index contributed by atoms with van der Waals surface area (Å²) in [7, 11) is 0. The lowest BCUT2D eigenvalue weighted by Gasteiger charge is -2.20. The van der Waals surface area contributed by atoms with Crippen LogP contribution in [-0.2, 0) is 24.0 Å². The van der Waals surface area contributed by atoms with E-state index >= 15 is 0 Å². The van der Waals surface area contributed by atoms with Gasteiger partial charge in [0.1, 0.15) is 12.1 Å². The van der Waals surface area contributed by atoms with Gasteiger partial charge in [-0.25, -0.2) is 4.79 Å². The van der Waals surface area contributed by atoms with Crippen LogP contribution < -0.4 is 21.7 Å². The Morgan fingerprint density at radius 1 is 1.00 bits per heavy atom. The van der Waals surface area contributed by atoms with Crippen molar-refractivity contribution < 1.29 is 39.3 Å². The van der Waals surface area contributed by atoms with Crippen LogP contribution in [0, 0.1) is 0 Å². The number of aliphatic carboxylic acids is 2. The lowest BCUT2D eigenvalue weighted by atomic mass is 10.1. The van der Waals surface area contributed by atoms with Gasteiger partial charge in [-0.15, -0.1) is 0 Å². The first-order chi connectivity index (χ1) is 12.1. The van der Waals surface area contributed by atoms with Crippen molar-refractivity contribution in [2.45, 2.75) is 31.0 Å². The number of rotatable bonds is 12. The smallest absolute Gasteiger partial charge is 0.328 e. The number of thiol groups is 1. The van der Waals surface area contributed by atoms with Crippen LogP contribution in [0.15, 0.2) is 0 Å². The highest BCUT2D eigenvalue weighted by Crippen LogP contribution is 1.99. The zero-order valence-electron chi connectivity index (χ0n) is 13.7. The summed E-state index contributed by atoms with van der Waals surface area (Å²) in [5.74, 6) is -5.13. The number of carboxylic acid groups (broad SMARTS) is 2. The third-order valence-corrected chi connectivity index (χ3v) is 3.45. The fourth-order valence-corrected chi connectivity index (χ4v) is 1.79. The molecular formula is C13H22N4O8S. The van der Waals surface area contributed by atoms with E-state index in [4.69, 9.17) is 21.1 Å². The SMILES string of the molecule is NC(CS)C(=O)NCC(=O)NC(CCC(=O)O)C(=O)NC(CO)C(=O)O. The molecule has 0 bridgehead atoms. The average Bonchev–Trinajstić information content (AvgIpc) is 2.59. The third-order valence-electron chi connectivity index (χ3n) is 3.05. The van der Waals surface area contributed by atoms with Crippen LogP contribution in [0.3, 0.4) is 0 Å². The van der Waals surface area contributed by atoms with Crippen LogP contribution in [0.5, 0.6) is 0 Å². The van der Waals surface area contributed by atoms with E-state index in [2.05, 4.69) is 23.3 Å². The molecule has 0 aliphatic heterocycles. The molecule has 12 nitrogen and oxygen atoms in total. The Kier molecular flexibility index (Phi) is 10.9. The maximum Gasteiger partial charge on any atom is 0.328 e. The molecule has 13 heteroatoms. The maximum atomic E-state index is 12.0. The zero-order valence-corrected chi connectivity index (χ0v) is 14.6. The number of aliphatic hydroxyl groups excluding tert-OH is 1. The minimum Gasteiger partial charge on any atom is -0.481 e. The Morgan fingerprint density at radius 3 is 2.08 bits per heavy atom. The van der Waals surface area contributed by atoms with Gasteiger partial charge in [-0.3, -0.25) is 19.2 Å². The highest BCUT2D eigenvalue weighted by Gasteiger charge is 2.26. The molecule has 0 aromatic carbocycles. The Balaban J connectivity index is 4.83. The molecule has 0 aromatic heterocycles. The first-order valence-electron chi connectivity index (χ1n) is 7.41. The Bertz CT molecular complexity index is 544. The molecule has 0 radical (unpaired) electrons. The second-order valence-electron chi connectivity index (χ2n) is 5.14. The molecule has 0 aliphatic carbocycles. The molecule has 26 heavy (non-hydrogen) atoms. The topological polar surface area (TPSA) is 208 Å². The summed E-state index contributed by atoms with van der Waals surface area (Å²) in [6.07, 6.45) is -0.805. The number of aliphatic hydroxyl groups is 1. The molecule has 0 saturated carbocycles. The van der Waals surface area contributed by atoms with E-state index in [0.717, 1.165) is 0 Å². The average molecular weight is 394 g/mol. The second kappa shape index (κ2) is 12.1. The van der Waals surface area contributed by atoms with Crippen LogP contribution in [-0.4, -0.2) is 82.0 Å². The van der Waals surface area contributed by atoms with E-state index in [1.807, 2.05) is 5.32 Å². The van der Waals surface area contributed by atoms with E-state index in [1.165, 1.54) is 0 Å². The predicted octanol–water partition coefficient (Wildman–Crippen LogP) is -3.73. The van der Waals surface area contributed by atoms with Crippen molar-refractivity contribution in [2.24, 2.45) is 5.73 Å². The number of carbonyl (C=O) groups excluding carboxylic acids is 3. The number of hydrogen-bond donors (Lipinski definition) is 8. The number of amides is 3. The number of carboxylic acids is 2. The van der Waals surface area contributed by atoms with Gasteiger partial charge in [-0.05, 0) is 6.42 Å². The van der Waals surface area contributed by atoms with E-state index in [-0.39, 0.29) is 12.2 Å². The molecule has 3 amide bonds. The van der Waals surface area contributed by atoms with Gasteiger partial charge in [0.05, 0.1) is 19.2 Å². The number of hydrogen-bond acceptors (Lipinski definition) is 8. The summed E-state index contributed by atoms with van der Waals surface area (Å²) in [4.78, 5) is 56.8. The molecular weight excluding hydrogens is 372 g/mol. The molecule has 0 spiro atoms. The molecule has 148 valence electrons. The summed E-state index contributed by atoms with van der Waals surface area (Å²) < 4.78 is 0. The fraction of sp³-hybridized carbons (Fsp3) is 0.615. The minimum absolute atomic E-state index is 0.0504. The molecule has 3 unspecified atom stereocenters. The van der Waals surface area contributed by atoms with Crippen LogP contribution >= 0.6 is 12.6 Å². The van der Waals surface area contributed by atoms with Gasteiger partial charge in [0, 0.05) is 12.2 Å². The van der Waals surface area contributed by atoms with Gasteiger partial charge in [0.15, 0.2) is 0 Å². The first-order valence-corrected chi connectivity index (χ1v) is 8.04. The predicted molar refractivity (Wildman–Crippen MR) is 90.3 cm³/mol. The van der Waals surface area contributed by atoms with Crippen molar-refractivity contribution in [3.8, 4) is 0 Å². The summed E-state index contributed by atoms with van der Waals surface area (Å²) in [6, 6.07) is -3.92. The largest absolute Gasteiger partial charge is 0.481 e. The van der Waals surface area contributed by atoms with E-state index < -0.39 is 67.4 Å². The van der Waals surface area contributed by atoms with E-state index in [0.29, 0.717) is 0 Å². The van der Waals surface area contributed by atoms with Gasteiger partial charge >= 0.3 is 11.9 Å². The van der Waals surface area contributed by atoms with Crippen molar-refractivity contribution in [1.82, 2.24) is 16.0 Å². The van der Waals surface area contributed by atoms with Crippen molar-refractivity contribution in [3.05, 3.63) is 0 Å². The van der Waals surface area contributed by atoms with Crippen LogP contribution in [0.4, 0.5) is 0 Å². The number of carbonyl (C=O) groups is 5. The standard InChI is InChI=1S/C13H22N4O8S/c14-6(5-26)11(22)15-3-9(19)16-7(1-2-10(20)21)12(23)17-8(4-18)13(24)25/h6-8,18,26H,1-5,14H2,(H,15,22)(H,16,19)(H,17,23)(H,20,21)(H,24,25). The summed E-state index contributed by atoms with van der Waals surface area (Å²) in [5.41, 5.74) is 5.40. The first kappa shape index (κ1) is 23.6. The minimum atomic E-state index is -1.61. The fourth-order valence-electron chi connectivity index (χ4n) is 1.62. The highest BCUT2D eigenvalue weighted by molar-refractivity contribution is 7.80. The normalized spacial score (nSPS) is 13.8. The molecule has 0 saturated heterocycles. The van der Waals surface area contributed by atoms with Gasteiger partial charge in [0.25, 0.3) is 0 Å². The quantitative estimate of drug-likeness (QED) is 0.153. The monoisotopic (exact) mass is 394 g/mol. The van der Waals surface area contributed by atoms with Crippen LogP contribution in [0.25, 0.3) is 0 Å². The molecule has 8 N–H and O–H groups in total. The summed E-state index contributed by atoms with van der Waals surface area (Å²) >= 11 is 3.82. The van der Waals surface area contributed by atoms with Gasteiger partial charge < -0.3 is 37.0 Å². The molecule has 0 aromatic rings. The van der Waals surface area contributed by atoms with Crippen molar-refractivity contribution in [1.29, 1.82) is 0 Å². The van der Waals surface area contributed by atoms with Gasteiger partial charge in [-0.2, -0.15) is 12.6 Å². The van der Waals surface area contributed by atoms with Crippen LogP contribution in [0.2, 0.25) is 0 Å². The van der Waals surface area contributed by atoms with E-state index in [1.54, 1.807) is 0 Å². The molecule has 0 rings (SSSR count). The highest BCUT2D eigenvalue weighted by atomic mass is 32.1. The lowest BCUT2D eigenvalue weighted by Crippen LogP contribution is -2.54. The molecule has 0 heterocycles. The van der Waals surface area contributed by atoms with Crippen molar-refractivity contribution >= 4 is 42.3 Å². The molecule has 0 aliphatic rings. The zero-order chi connectivity index (χ0) is 20.3. The van der Waals surface area contributed by atoms with Crippen molar-refractivity contribution in [2.75, 3.05) is 18.9 Å². The second-order valence-corrected chi connectivity index (χ2v) is 5.51. The summed E-state index contributed by atoms with van der Waals surface area (Å²) in [6.45, 7) is -1.42. The maximum absolute atomic E-state index is 12.0. The van der Waals surface area contributed by atoms with Gasteiger partial charge in [-0.1, -0.05) is 0 Å². The Hall–Kier alpha value is -2.38. The number of nitrogens with one attached hydrogen (secondary N) is 3. The lowest BCUT2D eigenvalue weighted by molar-refractivity contribution is -0.144. The van der Waals surface area contributed by atoms with Crippen LogP contribution in [0.1, 0.15) is 12.8 Å². The van der Waals surface area contributed by atoms with Crippen molar-refractivity contribution in [3.63, 3.8) is 0 Å². The Morgan fingerprint density at radius 2 is 1.62 bits per heavy atom. The van der Waals surface area contributed by atoms with Gasteiger partial charge in [0.2, 0.25) is 17.7 Å². The Labute approximate surface area is 153 Å². The summed E-state index contributed by atoms with van der Waals surface area (Å²) in [5, 5.41) is 32.8.